The summed E-state index contributed by atoms with van der Waals surface area (Å²) in [6.07, 6.45) is 22.5. The Morgan fingerprint density at radius 2 is 1.39 bits per heavy atom. The number of hydrogen-bond donors (Lipinski definition) is 0. The van der Waals surface area contributed by atoms with E-state index < -0.39 is 0 Å². The van der Waals surface area contributed by atoms with E-state index in [1.807, 2.05) is 11.3 Å². The molecular weight excluding hydrogens is 894 g/mol. The van der Waals surface area contributed by atoms with E-state index in [1.165, 1.54) is 98.1 Å². The van der Waals surface area contributed by atoms with Crippen LogP contribution in [-0.2, 0) is 10.8 Å². The van der Waals surface area contributed by atoms with Gasteiger partial charge < -0.3 is 18.8 Å². The minimum absolute atomic E-state index is 0.0104. The second kappa shape index (κ2) is 15.6. The van der Waals surface area contributed by atoms with Gasteiger partial charge in [0.1, 0.15) is 10.4 Å². The molecule has 0 saturated carbocycles. The van der Waals surface area contributed by atoms with E-state index in [0.717, 1.165) is 59.7 Å². The van der Waals surface area contributed by atoms with E-state index in [4.69, 9.17) is 4.42 Å². The van der Waals surface area contributed by atoms with Crippen LogP contribution in [0.2, 0.25) is 0 Å². The molecule has 0 N–H and O–H groups in total. The third-order valence-corrected chi connectivity index (χ3v) is 18.1. The highest BCUT2D eigenvalue weighted by Gasteiger charge is 2.44. The van der Waals surface area contributed by atoms with Crippen LogP contribution in [0.5, 0.6) is 0 Å². The summed E-state index contributed by atoms with van der Waals surface area (Å²) in [6, 6.07) is 33.3. The van der Waals surface area contributed by atoms with Crippen molar-refractivity contribution in [2.45, 2.75) is 126 Å². The monoisotopic (exact) mass is 962 g/mol. The van der Waals surface area contributed by atoms with Crippen molar-refractivity contribution in [3.05, 3.63) is 153 Å². The van der Waals surface area contributed by atoms with Crippen LogP contribution >= 0.6 is 11.3 Å². The predicted molar refractivity (Wildman–Crippen MR) is 312 cm³/mol. The molecule has 6 heteroatoms. The maximum atomic E-state index is 7.24. The number of fused-ring (bicyclic) bond motifs is 12. The standard InChI is InChI=1S/C66H68BN3OS/c1-63(2,3)39-23-29-43(30-24-39)68(44-31-25-40(26-32-44)64(4,5)6)45-37-54-59-55(38-45)70-60-49(58-48-17-13-14-22-57(48)72-62(58)70)19-15-20-51(60)67(59)50-34-28-41(65(7,8)9)35-53(50)69(54)52-21-16-18-47-46-33-27-42(66(10,11)12)36-56(46)71-61(47)52/h15-23,25,27-31,33-39H,13-14,24,26,32H2,1-12H3. The minimum Gasteiger partial charge on any atom is -0.454 e. The number of aromatic nitrogens is 1. The van der Waals surface area contributed by atoms with E-state index in [0.29, 0.717) is 5.92 Å². The van der Waals surface area contributed by atoms with E-state index in [2.05, 4.69) is 225 Å². The fraction of sp³-hybridized carbons (Fsp3) is 0.333. The summed E-state index contributed by atoms with van der Waals surface area (Å²) in [4.78, 5) is 6.58. The van der Waals surface area contributed by atoms with Crippen molar-refractivity contribution in [1.82, 2.24) is 4.57 Å². The molecule has 1 unspecified atom stereocenters. The van der Waals surface area contributed by atoms with Crippen LogP contribution in [-0.4, -0.2) is 11.3 Å². The van der Waals surface area contributed by atoms with Crippen LogP contribution in [0.25, 0.3) is 60.9 Å². The third-order valence-electron chi connectivity index (χ3n) is 16.9. The molecule has 5 aromatic carbocycles. The Hall–Kier alpha value is -6.24. The molecule has 2 aliphatic heterocycles. The number of benzene rings is 5. The summed E-state index contributed by atoms with van der Waals surface area (Å²) in [5.74, 6) is 0.463. The largest absolute Gasteiger partial charge is 0.454 e. The average Bonchev–Trinajstić information content (AvgIpc) is 4.01. The molecule has 0 amide bonds. The normalized spacial score (nSPS) is 17.7. The van der Waals surface area contributed by atoms with Gasteiger partial charge in [-0.2, -0.15) is 0 Å². The number of allylic oxidation sites excluding steroid dienone is 7. The van der Waals surface area contributed by atoms with Crippen LogP contribution in [0, 0.1) is 16.7 Å². The summed E-state index contributed by atoms with van der Waals surface area (Å²) >= 11 is 1.98. The van der Waals surface area contributed by atoms with Gasteiger partial charge in [0, 0.05) is 60.2 Å². The van der Waals surface area contributed by atoms with E-state index in [9.17, 15) is 0 Å². The highest BCUT2D eigenvalue weighted by Crippen LogP contribution is 2.49. The molecule has 5 aliphatic rings. The first-order chi connectivity index (χ1) is 34.2. The number of thiophene rings is 1. The molecule has 8 aromatic rings. The molecule has 3 aliphatic carbocycles. The Morgan fingerprint density at radius 3 is 2.11 bits per heavy atom. The Kier molecular flexibility index (Phi) is 9.91. The van der Waals surface area contributed by atoms with Gasteiger partial charge in [-0.25, -0.2) is 0 Å². The van der Waals surface area contributed by atoms with Gasteiger partial charge >= 0.3 is 0 Å². The lowest BCUT2D eigenvalue weighted by atomic mass is 9.33. The van der Waals surface area contributed by atoms with Crippen LogP contribution < -0.4 is 35.9 Å². The maximum Gasteiger partial charge on any atom is 0.252 e. The zero-order valence-electron chi connectivity index (χ0n) is 44.5. The van der Waals surface area contributed by atoms with Gasteiger partial charge in [0.2, 0.25) is 0 Å². The zero-order chi connectivity index (χ0) is 50.0. The molecule has 0 saturated heterocycles. The molecule has 362 valence electrons. The first-order valence-electron chi connectivity index (χ1n) is 26.7. The molecule has 3 aromatic heterocycles. The smallest absolute Gasteiger partial charge is 0.252 e. The lowest BCUT2D eigenvalue weighted by Gasteiger charge is -2.42. The van der Waals surface area contributed by atoms with Crippen molar-refractivity contribution in [2.75, 3.05) is 9.80 Å². The second-order valence-electron chi connectivity index (χ2n) is 25.7. The molecule has 72 heavy (non-hydrogen) atoms. The van der Waals surface area contributed by atoms with Gasteiger partial charge in [0.05, 0.1) is 11.2 Å². The number of para-hydroxylation sites is 2. The Labute approximate surface area is 430 Å². The highest BCUT2D eigenvalue weighted by atomic mass is 32.1. The van der Waals surface area contributed by atoms with Crippen LogP contribution in [0.4, 0.5) is 22.7 Å². The first-order valence-corrected chi connectivity index (χ1v) is 27.5. The molecule has 13 rings (SSSR count). The van der Waals surface area contributed by atoms with Gasteiger partial charge in [-0.05, 0) is 135 Å². The quantitative estimate of drug-likeness (QED) is 0.164. The van der Waals surface area contributed by atoms with Crippen molar-refractivity contribution in [2.24, 2.45) is 16.7 Å². The summed E-state index contributed by atoms with van der Waals surface area (Å²) in [5, 5.41) is 6.47. The number of hydrogen-bond acceptors (Lipinski definition) is 4. The lowest BCUT2D eigenvalue weighted by Crippen LogP contribution is -2.60. The molecular formula is C66H68BN3OS. The van der Waals surface area contributed by atoms with Crippen molar-refractivity contribution >= 4 is 112 Å². The van der Waals surface area contributed by atoms with Gasteiger partial charge in [0.25, 0.3) is 6.71 Å². The predicted octanol–water partition coefficient (Wildman–Crippen LogP) is 15.3. The van der Waals surface area contributed by atoms with Crippen molar-refractivity contribution in [3.63, 3.8) is 0 Å². The summed E-state index contributed by atoms with van der Waals surface area (Å²) < 4.78 is 11.3. The van der Waals surface area contributed by atoms with E-state index in [1.54, 1.807) is 0 Å². The molecule has 5 heterocycles. The number of rotatable bonds is 4. The molecule has 0 fully saturated rings. The first kappa shape index (κ1) is 45.6. The topological polar surface area (TPSA) is 24.6 Å². The lowest BCUT2D eigenvalue weighted by molar-refractivity contribution is 0.293. The Balaban J connectivity index is 1.16. The zero-order valence-corrected chi connectivity index (χ0v) is 45.3. The average molecular weight is 962 g/mol. The fourth-order valence-corrected chi connectivity index (χ4v) is 14.0. The molecule has 0 spiro atoms. The van der Waals surface area contributed by atoms with Gasteiger partial charge in [-0.15, -0.1) is 11.3 Å². The molecule has 4 nitrogen and oxygen atoms in total. The van der Waals surface area contributed by atoms with E-state index in [-0.39, 0.29) is 28.4 Å². The second-order valence-corrected chi connectivity index (χ2v) is 26.7. The number of anilines is 4. The summed E-state index contributed by atoms with van der Waals surface area (Å²) in [7, 11) is 0. The van der Waals surface area contributed by atoms with Gasteiger partial charge in [-0.1, -0.05) is 174 Å². The van der Waals surface area contributed by atoms with Crippen LogP contribution in [0.15, 0.2) is 137 Å². The van der Waals surface area contributed by atoms with Gasteiger partial charge in [-0.3, -0.25) is 0 Å². The molecule has 0 bridgehead atoms. The Morgan fingerprint density at radius 1 is 0.653 bits per heavy atom. The molecule has 0 radical (unpaired) electrons. The van der Waals surface area contributed by atoms with Gasteiger partial charge in [0.15, 0.2) is 5.58 Å². The van der Waals surface area contributed by atoms with Crippen molar-refractivity contribution in [1.29, 1.82) is 0 Å². The van der Waals surface area contributed by atoms with Crippen LogP contribution in [0.1, 0.15) is 126 Å². The number of furan rings is 1. The van der Waals surface area contributed by atoms with Crippen LogP contribution in [0.3, 0.4) is 0 Å². The summed E-state index contributed by atoms with van der Waals surface area (Å²) in [6.45, 7) is 28.1. The Bertz CT molecular complexity index is 3910. The third kappa shape index (κ3) is 6.90. The minimum atomic E-state index is -0.0741. The number of nitrogens with zero attached hydrogens (tertiary/aromatic N) is 3. The van der Waals surface area contributed by atoms with Crippen molar-refractivity contribution in [3.8, 4) is 5.69 Å². The maximum absolute atomic E-state index is 7.24. The van der Waals surface area contributed by atoms with E-state index >= 15 is 0 Å². The summed E-state index contributed by atoms with van der Waals surface area (Å²) in [5.41, 5.74) is 20.1. The fourth-order valence-electron chi connectivity index (χ4n) is 12.7. The van der Waals surface area contributed by atoms with Crippen molar-refractivity contribution < 1.29 is 4.42 Å². The molecule has 1 atom stereocenters. The highest BCUT2D eigenvalue weighted by molar-refractivity contribution is 7.17. The SMILES string of the molecule is CC(C)(C)C1=CC=C(N(C2=CCC(C(C)(C)C)C=C2)c2cc3c4c(c2)-n2c5sc6c(c5c5cccc(c52)B4c2ccc(C(C)(C)C)cc2N3c2cccc3c2oc2cc(C(C)(C)C)ccc23)=CCCC=6)CC1.